The van der Waals surface area contributed by atoms with Crippen LogP contribution in [0.3, 0.4) is 0 Å². The molecule has 0 fully saturated rings. The molecule has 1 aliphatic carbocycles. The third-order valence-electron chi connectivity index (χ3n) is 8.62. The monoisotopic (exact) mass is 558 g/mol. The van der Waals surface area contributed by atoms with Crippen LogP contribution in [0.15, 0.2) is 140 Å². The second-order valence-electron chi connectivity index (χ2n) is 11.6. The minimum Gasteiger partial charge on any atom is -0.356 e. The fourth-order valence-electron chi connectivity index (χ4n) is 6.53. The number of fused-ring (bicyclic) bond motifs is 6. The van der Waals surface area contributed by atoms with Crippen molar-refractivity contribution < 1.29 is 0 Å². The quantitative estimate of drug-likeness (QED) is 0.226. The van der Waals surface area contributed by atoms with Gasteiger partial charge in [-0.05, 0) is 89.0 Å². The molecule has 6 aromatic carbocycles. The number of nitrogens with zero attached hydrogens (tertiary/aromatic N) is 1. The molecular weight excluding hydrogens is 529 g/mol. The van der Waals surface area contributed by atoms with Gasteiger partial charge in [0.2, 0.25) is 0 Å². The minimum atomic E-state index is -0.0504. The Kier molecular flexibility index (Phi) is 5.70. The lowest BCUT2D eigenvalue weighted by Gasteiger charge is -2.28. The van der Waals surface area contributed by atoms with Gasteiger partial charge >= 0.3 is 0 Å². The van der Waals surface area contributed by atoms with Crippen LogP contribution in [-0.2, 0) is 5.41 Å². The third kappa shape index (κ3) is 4.00. The van der Waals surface area contributed by atoms with Crippen molar-refractivity contribution in [1.82, 2.24) is 0 Å². The van der Waals surface area contributed by atoms with Crippen LogP contribution in [-0.4, -0.2) is 0 Å². The van der Waals surface area contributed by atoms with E-state index in [-0.39, 0.29) is 5.41 Å². The lowest BCUT2D eigenvalue weighted by Crippen LogP contribution is -2.16. The molecular formula is C39H30N2S. The summed E-state index contributed by atoms with van der Waals surface area (Å²) in [6.45, 7) is 4.69. The molecule has 0 atom stereocenters. The third-order valence-corrected chi connectivity index (χ3v) is 9.75. The second-order valence-corrected chi connectivity index (χ2v) is 12.6. The summed E-state index contributed by atoms with van der Waals surface area (Å²) in [6.07, 6.45) is 0. The molecule has 0 bridgehead atoms. The number of hydrogen-bond donors (Lipinski definition) is 1. The van der Waals surface area contributed by atoms with Crippen LogP contribution in [0.1, 0.15) is 25.0 Å². The van der Waals surface area contributed by atoms with Gasteiger partial charge in [-0.25, -0.2) is 0 Å². The van der Waals surface area contributed by atoms with Crippen LogP contribution < -0.4 is 10.2 Å². The zero-order valence-electron chi connectivity index (χ0n) is 23.6. The van der Waals surface area contributed by atoms with Crippen molar-refractivity contribution in [2.45, 2.75) is 19.3 Å². The zero-order valence-corrected chi connectivity index (χ0v) is 24.5. The maximum Gasteiger partial charge on any atom is 0.0476 e. The SMILES string of the molecule is CC1(C)c2ccccc2-c2ccc(N(c3ccccc3)c3ccc4c(c3)sc3ccc(Nc5ccccc5)cc34)cc21. The molecule has 0 saturated carbocycles. The molecule has 3 heteroatoms. The van der Waals surface area contributed by atoms with E-state index in [1.54, 1.807) is 0 Å². The predicted octanol–water partition coefficient (Wildman–Crippen LogP) is 11.6. The lowest BCUT2D eigenvalue weighted by molar-refractivity contribution is 0.660. The number of nitrogens with one attached hydrogen (secondary N) is 1. The summed E-state index contributed by atoms with van der Waals surface area (Å²) in [5.41, 5.74) is 11.1. The van der Waals surface area contributed by atoms with E-state index in [1.165, 1.54) is 48.1 Å². The standard InChI is InChI=1S/C39H30N2S/c1-39(2)35-16-10-9-15-31(35)32-20-18-29(24-36(32)39)41(28-13-7-4-8-14-28)30-19-21-33-34-23-27(40-26-11-5-3-6-12-26)17-22-37(34)42-38(33)25-30/h3-25,40H,1-2H3. The maximum atomic E-state index is 3.55. The second kappa shape index (κ2) is 9.61. The molecule has 2 nitrogen and oxygen atoms in total. The number of hydrogen-bond acceptors (Lipinski definition) is 3. The van der Waals surface area contributed by atoms with E-state index in [0.29, 0.717) is 0 Å². The van der Waals surface area contributed by atoms with Gasteiger partial charge in [0.05, 0.1) is 0 Å². The number of anilines is 5. The first kappa shape index (κ1) is 24.9. The Morgan fingerprint density at radius 2 is 1.19 bits per heavy atom. The molecule has 7 aromatic rings. The molecule has 8 rings (SSSR count). The van der Waals surface area contributed by atoms with E-state index >= 15 is 0 Å². The highest BCUT2D eigenvalue weighted by molar-refractivity contribution is 7.25. The first-order chi connectivity index (χ1) is 20.6. The first-order valence-corrected chi connectivity index (χ1v) is 15.3. The van der Waals surface area contributed by atoms with Gasteiger partial charge in [-0.2, -0.15) is 0 Å². The van der Waals surface area contributed by atoms with Crippen LogP contribution in [0.25, 0.3) is 31.3 Å². The summed E-state index contributed by atoms with van der Waals surface area (Å²) >= 11 is 1.86. The van der Waals surface area contributed by atoms with Gasteiger partial charge < -0.3 is 10.2 Å². The first-order valence-electron chi connectivity index (χ1n) is 14.4. The Bertz CT molecular complexity index is 2090. The fraction of sp³-hybridized carbons (Fsp3) is 0.0769. The summed E-state index contributed by atoms with van der Waals surface area (Å²) in [6, 6.07) is 50.5. The van der Waals surface area contributed by atoms with Crippen molar-refractivity contribution >= 4 is 59.9 Å². The molecule has 1 aromatic heterocycles. The Balaban J connectivity index is 1.24. The van der Waals surface area contributed by atoms with Crippen molar-refractivity contribution in [1.29, 1.82) is 0 Å². The van der Waals surface area contributed by atoms with E-state index in [2.05, 4.69) is 158 Å². The lowest BCUT2D eigenvalue weighted by atomic mass is 9.82. The van der Waals surface area contributed by atoms with Crippen LogP contribution in [0.5, 0.6) is 0 Å². The largest absolute Gasteiger partial charge is 0.356 e. The molecule has 1 N–H and O–H groups in total. The molecule has 1 aliphatic rings. The molecule has 1 heterocycles. The highest BCUT2D eigenvalue weighted by Crippen LogP contribution is 2.51. The Morgan fingerprint density at radius 3 is 2.02 bits per heavy atom. The van der Waals surface area contributed by atoms with E-state index in [4.69, 9.17) is 0 Å². The van der Waals surface area contributed by atoms with Crippen molar-refractivity contribution in [3.8, 4) is 11.1 Å². The summed E-state index contributed by atoms with van der Waals surface area (Å²) in [5.74, 6) is 0. The van der Waals surface area contributed by atoms with Gasteiger partial charge in [0, 0.05) is 54.0 Å². The molecule has 0 amide bonds. The van der Waals surface area contributed by atoms with E-state index in [1.807, 2.05) is 17.4 Å². The van der Waals surface area contributed by atoms with Gasteiger partial charge in [0.15, 0.2) is 0 Å². The molecule has 0 unspecified atom stereocenters. The minimum absolute atomic E-state index is 0.0504. The normalized spacial score (nSPS) is 13.2. The Labute approximate surface area is 250 Å². The Morgan fingerprint density at radius 1 is 0.500 bits per heavy atom. The van der Waals surface area contributed by atoms with E-state index < -0.39 is 0 Å². The van der Waals surface area contributed by atoms with Crippen LogP contribution in [0, 0.1) is 0 Å². The number of rotatable bonds is 5. The highest BCUT2D eigenvalue weighted by Gasteiger charge is 2.35. The molecule has 0 spiro atoms. The predicted molar refractivity (Wildman–Crippen MR) is 181 cm³/mol. The van der Waals surface area contributed by atoms with Crippen molar-refractivity contribution in [2.24, 2.45) is 0 Å². The fourth-order valence-corrected chi connectivity index (χ4v) is 7.65. The molecule has 0 aliphatic heterocycles. The maximum absolute atomic E-state index is 3.55. The topological polar surface area (TPSA) is 15.3 Å². The van der Waals surface area contributed by atoms with Gasteiger partial charge in [0.25, 0.3) is 0 Å². The van der Waals surface area contributed by atoms with Crippen LogP contribution in [0.4, 0.5) is 28.4 Å². The number of thiophene rings is 1. The zero-order chi connectivity index (χ0) is 28.3. The Hall–Kier alpha value is -4.86. The van der Waals surface area contributed by atoms with Crippen LogP contribution in [0.2, 0.25) is 0 Å². The van der Waals surface area contributed by atoms with Crippen molar-refractivity contribution in [3.63, 3.8) is 0 Å². The van der Waals surface area contributed by atoms with E-state index in [0.717, 1.165) is 22.7 Å². The summed E-state index contributed by atoms with van der Waals surface area (Å²) < 4.78 is 2.58. The van der Waals surface area contributed by atoms with Gasteiger partial charge in [-0.15, -0.1) is 11.3 Å². The summed E-state index contributed by atoms with van der Waals surface area (Å²) in [4.78, 5) is 2.39. The van der Waals surface area contributed by atoms with Crippen molar-refractivity contribution in [2.75, 3.05) is 10.2 Å². The van der Waals surface area contributed by atoms with Crippen molar-refractivity contribution in [3.05, 3.63) is 151 Å². The molecule has 0 radical (unpaired) electrons. The smallest absolute Gasteiger partial charge is 0.0476 e. The van der Waals surface area contributed by atoms with Gasteiger partial charge in [-0.1, -0.05) is 86.6 Å². The molecule has 42 heavy (non-hydrogen) atoms. The number of para-hydroxylation sites is 2. The molecule has 202 valence electrons. The van der Waals surface area contributed by atoms with Gasteiger partial charge in [-0.3, -0.25) is 0 Å². The average molecular weight is 559 g/mol. The van der Waals surface area contributed by atoms with Gasteiger partial charge in [0.1, 0.15) is 0 Å². The average Bonchev–Trinajstić information content (AvgIpc) is 3.50. The summed E-state index contributed by atoms with van der Waals surface area (Å²) in [7, 11) is 0. The number of benzene rings is 6. The van der Waals surface area contributed by atoms with Crippen LogP contribution >= 0.6 is 11.3 Å². The van der Waals surface area contributed by atoms with E-state index in [9.17, 15) is 0 Å². The summed E-state index contributed by atoms with van der Waals surface area (Å²) in [5, 5.41) is 6.12. The molecule has 0 saturated heterocycles. The highest BCUT2D eigenvalue weighted by atomic mass is 32.1.